The number of nitrogens with one attached hydrogen (secondary N) is 4. The molecule has 11 N–H and O–H groups in total. The normalized spacial score (nSPS) is 13.8. The second-order valence-corrected chi connectivity index (χ2v) is 9.23. The number of rotatable bonds is 17. The summed E-state index contributed by atoms with van der Waals surface area (Å²) < 4.78 is 0. The van der Waals surface area contributed by atoms with Crippen LogP contribution in [0.5, 0.6) is 0 Å². The summed E-state index contributed by atoms with van der Waals surface area (Å²) >= 11 is 0. The first-order valence-electron chi connectivity index (χ1n) is 12.4. The lowest BCUT2D eigenvalue weighted by atomic mass is 10.0. The summed E-state index contributed by atoms with van der Waals surface area (Å²) in [6, 6.07) is 0.964. The highest BCUT2D eigenvalue weighted by atomic mass is 16.4. The van der Waals surface area contributed by atoms with Crippen LogP contribution in [-0.2, 0) is 40.0 Å². The number of amides is 4. The smallest absolute Gasteiger partial charge is 0.326 e. The van der Waals surface area contributed by atoms with Crippen molar-refractivity contribution >= 4 is 52.4 Å². The van der Waals surface area contributed by atoms with Crippen molar-refractivity contribution in [2.45, 2.75) is 62.7 Å². The lowest BCUT2D eigenvalue weighted by Gasteiger charge is -2.24. The highest BCUT2D eigenvalue weighted by Crippen LogP contribution is 2.19. The molecule has 0 aliphatic rings. The van der Waals surface area contributed by atoms with Gasteiger partial charge in [0.1, 0.15) is 18.1 Å². The summed E-state index contributed by atoms with van der Waals surface area (Å²) in [5.74, 6) is -8.10. The van der Waals surface area contributed by atoms with Gasteiger partial charge in [-0.25, -0.2) is 4.79 Å². The number of aromatic amines is 1. The van der Waals surface area contributed by atoms with E-state index < -0.39 is 85.0 Å². The van der Waals surface area contributed by atoms with Crippen molar-refractivity contribution in [3.05, 3.63) is 36.0 Å². The van der Waals surface area contributed by atoms with Gasteiger partial charge in [-0.3, -0.25) is 28.8 Å². The standard InChI is InChI=1S/C25H32N6O10/c26-14(5-7-19(27)32)22(37)30-17(10-21(35)36)24(39)29-16(6-8-20(33)34)23(38)31-18(25(40)41)9-12-11-28-15-4-2-1-3-13(12)15/h1-4,11,14,16-18,28H,5-10,26H2,(H2,27,32)(H,29,39)(H,30,37)(H,31,38)(H,33,34)(H,35,36)(H,40,41). The van der Waals surface area contributed by atoms with Gasteiger partial charge < -0.3 is 47.7 Å². The van der Waals surface area contributed by atoms with Crippen molar-refractivity contribution in [3.8, 4) is 0 Å². The first-order valence-corrected chi connectivity index (χ1v) is 12.4. The molecule has 4 atom stereocenters. The molecule has 0 saturated carbocycles. The number of aliphatic carboxylic acids is 3. The fourth-order valence-electron chi connectivity index (χ4n) is 3.89. The molecule has 4 unspecified atom stereocenters. The van der Waals surface area contributed by atoms with Crippen LogP contribution < -0.4 is 27.4 Å². The Morgan fingerprint density at radius 1 is 0.780 bits per heavy atom. The summed E-state index contributed by atoms with van der Waals surface area (Å²) in [7, 11) is 0. The zero-order valence-corrected chi connectivity index (χ0v) is 21.8. The predicted molar refractivity (Wildman–Crippen MR) is 141 cm³/mol. The van der Waals surface area contributed by atoms with E-state index in [1.807, 2.05) is 0 Å². The van der Waals surface area contributed by atoms with E-state index in [0.29, 0.717) is 5.56 Å². The summed E-state index contributed by atoms with van der Waals surface area (Å²) in [4.78, 5) is 86.7. The van der Waals surface area contributed by atoms with Crippen molar-refractivity contribution in [2.24, 2.45) is 11.5 Å². The number of hydrogen-bond acceptors (Lipinski definition) is 8. The van der Waals surface area contributed by atoms with Gasteiger partial charge in [-0.2, -0.15) is 0 Å². The monoisotopic (exact) mass is 576 g/mol. The average molecular weight is 577 g/mol. The molecule has 2 rings (SSSR count). The quantitative estimate of drug-likeness (QED) is 0.101. The molecule has 1 heterocycles. The van der Waals surface area contributed by atoms with Crippen LogP contribution in [0.15, 0.2) is 30.5 Å². The second kappa shape index (κ2) is 15.0. The van der Waals surface area contributed by atoms with E-state index in [0.717, 1.165) is 10.9 Å². The lowest BCUT2D eigenvalue weighted by Crippen LogP contribution is -2.57. The Balaban J connectivity index is 2.19. The van der Waals surface area contributed by atoms with Crippen LogP contribution in [0, 0.1) is 0 Å². The summed E-state index contributed by atoms with van der Waals surface area (Å²) in [6.45, 7) is 0. The van der Waals surface area contributed by atoms with Gasteiger partial charge in [-0.05, 0) is 24.5 Å². The third kappa shape index (κ3) is 10.2. The predicted octanol–water partition coefficient (Wildman–Crippen LogP) is -1.82. The van der Waals surface area contributed by atoms with E-state index in [9.17, 15) is 43.8 Å². The summed E-state index contributed by atoms with van der Waals surface area (Å²) in [5, 5.41) is 35.4. The Kier molecular flexibility index (Phi) is 11.8. The van der Waals surface area contributed by atoms with E-state index in [2.05, 4.69) is 20.9 Å². The molecule has 0 fully saturated rings. The number of carboxylic acids is 3. The number of fused-ring (bicyclic) bond motifs is 1. The average Bonchev–Trinajstić information content (AvgIpc) is 3.30. The van der Waals surface area contributed by atoms with Crippen LogP contribution in [0.2, 0.25) is 0 Å². The number of hydrogen-bond donors (Lipinski definition) is 9. The molecule has 0 saturated heterocycles. The Morgan fingerprint density at radius 3 is 2.00 bits per heavy atom. The number of para-hydroxylation sites is 1. The fourth-order valence-corrected chi connectivity index (χ4v) is 3.89. The van der Waals surface area contributed by atoms with Gasteiger partial charge in [0.25, 0.3) is 0 Å². The molecule has 1 aromatic heterocycles. The molecule has 1 aromatic carbocycles. The van der Waals surface area contributed by atoms with Crippen molar-refractivity contribution in [1.82, 2.24) is 20.9 Å². The maximum atomic E-state index is 13.1. The zero-order chi connectivity index (χ0) is 30.7. The SMILES string of the molecule is NC(=O)CCC(N)C(=O)NC(CC(=O)O)C(=O)NC(CCC(=O)O)C(=O)NC(Cc1c[nH]c2ccccc12)C(=O)O. The van der Waals surface area contributed by atoms with Crippen molar-refractivity contribution in [3.63, 3.8) is 0 Å². The molecule has 222 valence electrons. The number of nitrogens with two attached hydrogens (primary N) is 2. The fraction of sp³-hybridized carbons (Fsp3) is 0.400. The molecular weight excluding hydrogens is 544 g/mol. The van der Waals surface area contributed by atoms with Crippen molar-refractivity contribution in [1.29, 1.82) is 0 Å². The highest BCUT2D eigenvalue weighted by molar-refractivity contribution is 5.96. The van der Waals surface area contributed by atoms with E-state index in [4.69, 9.17) is 16.6 Å². The molecule has 0 radical (unpaired) electrons. The topological polar surface area (TPSA) is 284 Å². The minimum Gasteiger partial charge on any atom is -0.481 e. The maximum absolute atomic E-state index is 13.1. The Morgan fingerprint density at radius 2 is 1.39 bits per heavy atom. The van der Waals surface area contributed by atoms with Crippen LogP contribution in [0.4, 0.5) is 0 Å². The van der Waals surface area contributed by atoms with E-state index in [1.54, 1.807) is 30.5 Å². The number of benzene rings is 1. The molecule has 0 bridgehead atoms. The molecule has 16 heteroatoms. The third-order valence-corrected chi connectivity index (χ3v) is 6.04. The molecule has 16 nitrogen and oxygen atoms in total. The lowest BCUT2D eigenvalue weighted by molar-refractivity contribution is -0.143. The van der Waals surface area contributed by atoms with Gasteiger partial charge in [-0.15, -0.1) is 0 Å². The van der Waals surface area contributed by atoms with Crippen LogP contribution in [-0.4, -0.2) is 86.0 Å². The van der Waals surface area contributed by atoms with Crippen LogP contribution in [0.1, 0.15) is 37.7 Å². The third-order valence-electron chi connectivity index (χ3n) is 6.04. The van der Waals surface area contributed by atoms with Gasteiger partial charge in [0.05, 0.1) is 12.5 Å². The summed E-state index contributed by atoms with van der Waals surface area (Å²) in [6.07, 6.45) is -0.990. The number of H-pyrrole nitrogens is 1. The van der Waals surface area contributed by atoms with Crippen LogP contribution >= 0.6 is 0 Å². The van der Waals surface area contributed by atoms with Gasteiger partial charge in [-0.1, -0.05) is 18.2 Å². The molecule has 0 aliphatic carbocycles. The first kappa shape index (κ1) is 32.2. The minimum absolute atomic E-state index is 0.147. The Labute approximate surface area is 232 Å². The van der Waals surface area contributed by atoms with Crippen LogP contribution in [0.25, 0.3) is 10.9 Å². The second-order valence-electron chi connectivity index (χ2n) is 9.23. The number of primary amides is 1. The number of carbonyl (C=O) groups is 7. The summed E-state index contributed by atoms with van der Waals surface area (Å²) in [5.41, 5.74) is 12.0. The number of carbonyl (C=O) groups excluding carboxylic acids is 4. The number of aromatic nitrogens is 1. The molecule has 4 amide bonds. The van der Waals surface area contributed by atoms with E-state index >= 15 is 0 Å². The van der Waals surface area contributed by atoms with E-state index in [1.165, 1.54) is 0 Å². The van der Waals surface area contributed by atoms with Gasteiger partial charge in [0.2, 0.25) is 23.6 Å². The molecular formula is C25H32N6O10. The minimum atomic E-state index is -1.73. The highest BCUT2D eigenvalue weighted by Gasteiger charge is 2.32. The van der Waals surface area contributed by atoms with Gasteiger partial charge in [0.15, 0.2) is 0 Å². The first-order chi connectivity index (χ1) is 19.3. The Bertz CT molecular complexity index is 1310. The Hall–Kier alpha value is -4.99. The van der Waals surface area contributed by atoms with Crippen LogP contribution in [0.3, 0.4) is 0 Å². The largest absolute Gasteiger partial charge is 0.481 e. The molecule has 0 spiro atoms. The van der Waals surface area contributed by atoms with E-state index in [-0.39, 0.29) is 19.3 Å². The molecule has 2 aromatic rings. The molecule has 41 heavy (non-hydrogen) atoms. The maximum Gasteiger partial charge on any atom is 0.326 e. The van der Waals surface area contributed by atoms with Gasteiger partial charge in [0, 0.05) is 36.4 Å². The zero-order valence-electron chi connectivity index (χ0n) is 21.8. The van der Waals surface area contributed by atoms with Gasteiger partial charge >= 0.3 is 17.9 Å². The number of carboxylic acid groups (broad SMARTS) is 3. The van der Waals surface area contributed by atoms with Crippen molar-refractivity contribution < 1.29 is 48.9 Å². The van der Waals surface area contributed by atoms with Crippen molar-refractivity contribution in [2.75, 3.05) is 0 Å². The molecule has 0 aliphatic heterocycles.